The van der Waals surface area contributed by atoms with Crippen molar-refractivity contribution in [2.75, 3.05) is 0 Å². The summed E-state index contributed by atoms with van der Waals surface area (Å²) in [6.45, 7) is 6.40. The van der Waals surface area contributed by atoms with E-state index in [0.717, 1.165) is 12.0 Å². The molecule has 0 saturated heterocycles. The van der Waals surface area contributed by atoms with Crippen molar-refractivity contribution in [1.82, 2.24) is 4.57 Å². The topological polar surface area (TPSA) is 31.2 Å². The van der Waals surface area contributed by atoms with Gasteiger partial charge in [-0.2, -0.15) is 0 Å². The number of carbonyl (C=O) groups is 1. The lowest BCUT2D eigenvalue weighted by Crippen LogP contribution is -2.21. The molecule has 0 aliphatic carbocycles. The number of esters is 1. The van der Waals surface area contributed by atoms with Crippen molar-refractivity contribution in [1.29, 1.82) is 0 Å². The number of hydrogen-bond acceptors (Lipinski definition) is 2. The third kappa shape index (κ3) is 5.10. The van der Waals surface area contributed by atoms with Crippen molar-refractivity contribution in [2.24, 2.45) is 5.92 Å². The molecule has 3 aromatic rings. The molecule has 3 heteroatoms. The zero-order chi connectivity index (χ0) is 19.2. The molecule has 0 spiro atoms. The second kappa shape index (κ2) is 8.72. The van der Waals surface area contributed by atoms with Crippen LogP contribution in [0.2, 0.25) is 0 Å². The van der Waals surface area contributed by atoms with Crippen molar-refractivity contribution in [2.45, 2.75) is 39.8 Å². The maximum Gasteiger partial charge on any atom is 0.315 e. The Morgan fingerprint density at radius 2 is 1.67 bits per heavy atom. The molecule has 3 nitrogen and oxygen atoms in total. The van der Waals surface area contributed by atoms with Crippen LogP contribution in [0.5, 0.6) is 0 Å². The minimum Gasteiger partial charge on any atom is -0.443 e. The molecule has 27 heavy (non-hydrogen) atoms. The van der Waals surface area contributed by atoms with E-state index >= 15 is 0 Å². The van der Waals surface area contributed by atoms with Crippen LogP contribution in [0.4, 0.5) is 0 Å². The molecule has 2 aromatic carbocycles. The molecule has 0 bridgehead atoms. The molecule has 0 radical (unpaired) electrons. The highest BCUT2D eigenvalue weighted by Gasteiger charge is 2.25. The van der Waals surface area contributed by atoms with E-state index in [4.69, 9.17) is 4.74 Å². The average Bonchev–Trinajstić information content (AvgIpc) is 3.10. The Kier molecular flexibility index (Phi) is 6.12. The van der Waals surface area contributed by atoms with Gasteiger partial charge >= 0.3 is 5.97 Å². The lowest BCUT2D eigenvalue weighted by molar-refractivity contribution is -0.150. The van der Waals surface area contributed by atoms with Crippen molar-refractivity contribution in [3.8, 4) is 0 Å². The van der Waals surface area contributed by atoms with Crippen LogP contribution in [-0.2, 0) is 22.7 Å². The van der Waals surface area contributed by atoms with Crippen molar-refractivity contribution in [3.63, 3.8) is 0 Å². The first-order valence-corrected chi connectivity index (χ1v) is 9.44. The van der Waals surface area contributed by atoms with Crippen LogP contribution < -0.4 is 0 Å². The zero-order valence-corrected chi connectivity index (χ0v) is 16.3. The average molecular weight is 361 g/mol. The Morgan fingerprint density at radius 1 is 0.963 bits per heavy atom. The highest BCUT2D eigenvalue weighted by molar-refractivity contribution is 5.78. The molecule has 1 heterocycles. The number of aryl methyl sites for hydroxylation is 1. The molecule has 3 rings (SSSR count). The number of ether oxygens (including phenoxy) is 1. The summed E-state index contributed by atoms with van der Waals surface area (Å²) in [6, 6.07) is 20.5. The summed E-state index contributed by atoms with van der Waals surface area (Å²) in [5, 5.41) is 0. The number of aromatic nitrogens is 1. The SMILES string of the molecule is Cc1ccc(C(C(=O)OCn2ccc(Cc3ccccc3)c2)C(C)C)cc1. The summed E-state index contributed by atoms with van der Waals surface area (Å²) in [6.07, 6.45) is 4.87. The predicted octanol–water partition coefficient (Wildman–Crippen LogP) is 5.33. The minimum atomic E-state index is -0.245. The van der Waals surface area contributed by atoms with Gasteiger partial charge in [0, 0.05) is 12.4 Å². The van der Waals surface area contributed by atoms with Gasteiger partial charge in [-0.15, -0.1) is 0 Å². The highest BCUT2D eigenvalue weighted by Crippen LogP contribution is 2.26. The molecule has 0 aliphatic rings. The molecule has 1 atom stereocenters. The van der Waals surface area contributed by atoms with Crippen LogP contribution in [-0.4, -0.2) is 10.5 Å². The van der Waals surface area contributed by atoms with E-state index in [1.165, 1.54) is 16.7 Å². The minimum absolute atomic E-state index is 0.174. The van der Waals surface area contributed by atoms with E-state index in [-0.39, 0.29) is 24.5 Å². The van der Waals surface area contributed by atoms with Gasteiger partial charge < -0.3 is 9.30 Å². The highest BCUT2D eigenvalue weighted by atomic mass is 16.5. The third-order valence-corrected chi connectivity index (χ3v) is 4.78. The summed E-state index contributed by atoms with van der Waals surface area (Å²) >= 11 is 0. The largest absolute Gasteiger partial charge is 0.443 e. The van der Waals surface area contributed by atoms with Crippen LogP contribution in [0.1, 0.15) is 42.0 Å². The van der Waals surface area contributed by atoms with E-state index in [9.17, 15) is 4.79 Å². The first kappa shape index (κ1) is 19.0. The monoisotopic (exact) mass is 361 g/mol. The van der Waals surface area contributed by atoms with Crippen molar-refractivity contribution < 1.29 is 9.53 Å². The maximum atomic E-state index is 12.7. The van der Waals surface area contributed by atoms with Gasteiger partial charge in [0.05, 0.1) is 5.92 Å². The van der Waals surface area contributed by atoms with E-state index in [0.29, 0.717) is 0 Å². The van der Waals surface area contributed by atoms with Gasteiger partial charge in [0.25, 0.3) is 0 Å². The fourth-order valence-corrected chi connectivity index (χ4v) is 3.30. The number of benzene rings is 2. The molecule has 0 N–H and O–H groups in total. The number of carbonyl (C=O) groups excluding carboxylic acids is 1. The molecule has 0 aliphatic heterocycles. The predicted molar refractivity (Wildman–Crippen MR) is 109 cm³/mol. The van der Waals surface area contributed by atoms with Crippen molar-refractivity contribution >= 4 is 5.97 Å². The van der Waals surface area contributed by atoms with Crippen LogP contribution in [0, 0.1) is 12.8 Å². The Labute approximate surface area is 161 Å². The van der Waals surface area contributed by atoms with Gasteiger partial charge in [0.2, 0.25) is 0 Å². The van der Waals surface area contributed by atoms with Gasteiger partial charge in [0.15, 0.2) is 6.73 Å². The summed E-state index contributed by atoms with van der Waals surface area (Å²) in [7, 11) is 0. The summed E-state index contributed by atoms with van der Waals surface area (Å²) in [5.74, 6) is -0.240. The van der Waals surface area contributed by atoms with Crippen LogP contribution in [0.15, 0.2) is 73.1 Å². The lowest BCUT2D eigenvalue weighted by atomic mass is 9.88. The summed E-state index contributed by atoms with van der Waals surface area (Å²) in [4.78, 5) is 12.7. The smallest absolute Gasteiger partial charge is 0.315 e. The fraction of sp³-hybridized carbons (Fsp3) is 0.292. The molecular formula is C24H27NO2. The zero-order valence-electron chi connectivity index (χ0n) is 16.3. The third-order valence-electron chi connectivity index (χ3n) is 4.78. The number of rotatable bonds is 7. The molecule has 0 saturated carbocycles. The Balaban J connectivity index is 1.61. The summed E-state index contributed by atoms with van der Waals surface area (Å²) in [5.41, 5.74) is 4.67. The molecule has 140 valence electrons. The van der Waals surface area contributed by atoms with Gasteiger partial charge in [-0.05, 0) is 42.0 Å². The van der Waals surface area contributed by atoms with Gasteiger partial charge in [-0.3, -0.25) is 4.79 Å². The Bertz CT molecular complexity index is 863. The molecule has 1 unspecified atom stereocenters. The lowest BCUT2D eigenvalue weighted by Gasteiger charge is -2.20. The quantitative estimate of drug-likeness (QED) is 0.533. The van der Waals surface area contributed by atoms with E-state index < -0.39 is 0 Å². The van der Waals surface area contributed by atoms with Gasteiger partial charge in [-0.25, -0.2) is 0 Å². The second-order valence-electron chi connectivity index (χ2n) is 7.42. The number of nitrogens with zero attached hydrogens (tertiary/aromatic N) is 1. The van der Waals surface area contributed by atoms with Crippen molar-refractivity contribution in [3.05, 3.63) is 95.3 Å². The number of hydrogen-bond donors (Lipinski definition) is 0. The van der Waals surface area contributed by atoms with Gasteiger partial charge in [-0.1, -0.05) is 74.0 Å². The van der Waals surface area contributed by atoms with Crippen LogP contribution in [0.25, 0.3) is 0 Å². The Morgan fingerprint density at radius 3 is 2.33 bits per heavy atom. The summed E-state index contributed by atoms with van der Waals surface area (Å²) < 4.78 is 7.54. The fourth-order valence-electron chi connectivity index (χ4n) is 3.30. The molecule has 0 fully saturated rings. The van der Waals surface area contributed by atoms with Crippen LogP contribution in [0.3, 0.4) is 0 Å². The van der Waals surface area contributed by atoms with Gasteiger partial charge in [0.1, 0.15) is 0 Å². The van der Waals surface area contributed by atoms with E-state index in [1.807, 2.05) is 66.3 Å². The molecule has 1 aromatic heterocycles. The first-order valence-electron chi connectivity index (χ1n) is 9.44. The standard InChI is InChI=1S/C24H27NO2/c1-18(2)23(22-11-9-19(3)10-12-22)24(26)27-17-25-14-13-21(16-25)15-20-7-5-4-6-8-20/h4-14,16,18,23H,15,17H2,1-3H3. The first-order chi connectivity index (χ1) is 13.0. The second-order valence-corrected chi connectivity index (χ2v) is 7.42. The van der Waals surface area contributed by atoms with Crippen LogP contribution >= 0.6 is 0 Å². The Hall–Kier alpha value is -2.81. The molecular weight excluding hydrogens is 334 g/mol. The van der Waals surface area contributed by atoms with E-state index in [2.05, 4.69) is 32.0 Å². The molecule has 0 amide bonds. The normalized spacial score (nSPS) is 12.1. The maximum absolute atomic E-state index is 12.7. The van der Waals surface area contributed by atoms with E-state index in [1.54, 1.807) is 0 Å².